The molecule has 0 aliphatic carbocycles. The molecule has 1 heterocycles. The van der Waals surface area contributed by atoms with Gasteiger partial charge >= 0.3 is 23.9 Å². The molecule has 0 spiro atoms. The van der Waals surface area contributed by atoms with Crippen molar-refractivity contribution in [2.24, 2.45) is 5.11 Å². The van der Waals surface area contributed by atoms with Gasteiger partial charge in [-0.05, 0) is 37.1 Å². The van der Waals surface area contributed by atoms with Crippen LogP contribution in [0.5, 0.6) is 5.75 Å². The highest BCUT2D eigenvalue weighted by Gasteiger charge is 2.49. The fraction of sp³-hybridized carbons (Fsp3) is 0.593. The van der Waals surface area contributed by atoms with Gasteiger partial charge in [0.05, 0.1) is 11.7 Å². The molecular formula is C27H37N5O10. The zero-order valence-electron chi connectivity index (χ0n) is 24.1. The molecule has 1 saturated heterocycles. The molecule has 2 rings (SSSR count). The first-order valence-electron chi connectivity index (χ1n) is 13.5. The quantitative estimate of drug-likeness (QED) is 0.0561. The van der Waals surface area contributed by atoms with Crippen molar-refractivity contribution in [3.63, 3.8) is 0 Å². The molecule has 0 unspecified atom stereocenters. The Kier molecular flexibility index (Phi) is 14.1. The molecule has 1 fully saturated rings. The Hall–Kier alpha value is -4.36. The van der Waals surface area contributed by atoms with Crippen LogP contribution in [0.25, 0.3) is 10.4 Å². The maximum Gasteiger partial charge on any atom is 0.303 e. The fourth-order valence-corrected chi connectivity index (χ4v) is 4.69. The van der Waals surface area contributed by atoms with Crippen LogP contribution in [0.3, 0.4) is 0 Å². The zero-order valence-corrected chi connectivity index (χ0v) is 24.1. The van der Waals surface area contributed by atoms with Crippen LogP contribution in [-0.2, 0) is 42.9 Å². The van der Waals surface area contributed by atoms with E-state index in [4.69, 9.17) is 29.2 Å². The van der Waals surface area contributed by atoms with Gasteiger partial charge in [-0.1, -0.05) is 24.0 Å². The predicted octanol–water partition coefficient (Wildman–Crippen LogP) is 3.18. The molecule has 1 N–H and O–H groups in total. The van der Waals surface area contributed by atoms with Gasteiger partial charge in [0, 0.05) is 51.4 Å². The van der Waals surface area contributed by atoms with E-state index in [0.29, 0.717) is 30.9 Å². The van der Waals surface area contributed by atoms with E-state index >= 15 is 0 Å². The van der Waals surface area contributed by atoms with Crippen LogP contribution in [0.2, 0.25) is 0 Å². The van der Waals surface area contributed by atoms with Gasteiger partial charge in [-0.3, -0.25) is 28.9 Å². The Bertz CT molecular complexity index is 1160. The molecule has 230 valence electrons. The Morgan fingerprint density at radius 2 is 1.64 bits per heavy atom. The first kappa shape index (κ1) is 33.8. The zero-order chi connectivity index (χ0) is 31.1. The number of azide groups is 1. The molecule has 0 amide bonds. The summed E-state index contributed by atoms with van der Waals surface area (Å²) in [6, 6.07) is 4.08. The molecule has 0 aromatic heterocycles. The number of nitrogens with one attached hydrogen (secondary N) is 1. The molecule has 0 saturated carbocycles. The summed E-state index contributed by atoms with van der Waals surface area (Å²) in [4.78, 5) is 62.7. The van der Waals surface area contributed by atoms with E-state index in [9.17, 15) is 24.0 Å². The van der Waals surface area contributed by atoms with Crippen molar-refractivity contribution in [2.75, 3.05) is 31.6 Å². The first-order chi connectivity index (χ1) is 20.0. The summed E-state index contributed by atoms with van der Waals surface area (Å²) in [6.45, 7) is 6.34. The summed E-state index contributed by atoms with van der Waals surface area (Å²) >= 11 is 0. The van der Waals surface area contributed by atoms with Crippen LogP contribution in [0, 0.1) is 0 Å². The molecule has 1 aliphatic heterocycles. The SMILES string of the molecule is CC(=O)OC[C@@H]1[C@@H](OC(C)=O)[C@H](OC(C)=O)[C@@H](OC(C)=O)CN1CCCCCCNc1ccc(N=[N+]=[N-])cc1OC=O. The minimum absolute atomic E-state index is 0.120. The van der Waals surface area contributed by atoms with Crippen molar-refractivity contribution in [2.45, 2.75) is 77.7 Å². The smallest absolute Gasteiger partial charge is 0.303 e. The summed E-state index contributed by atoms with van der Waals surface area (Å²) in [5.41, 5.74) is 9.49. The van der Waals surface area contributed by atoms with Gasteiger partial charge in [-0.2, -0.15) is 0 Å². The van der Waals surface area contributed by atoms with Crippen LogP contribution in [0.1, 0.15) is 53.4 Å². The van der Waals surface area contributed by atoms with E-state index in [2.05, 4.69) is 15.3 Å². The second-order valence-corrected chi connectivity index (χ2v) is 9.59. The van der Waals surface area contributed by atoms with Gasteiger partial charge in [0.2, 0.25) is 0 Å². The minimum Gasteiger partial charge on any atom is -0.464 e. The summed E-state index contributed by atoms with van der Waals surface area (Å²) in [7, 11) is 0. The molecule has 1 aromatic rings. The summed E-state index contributed by atoms with van der Waals surface area (Å²) in [5, 5.41) is 6.69. The second-order valence-electron chi connectivity index (χ2n) is 9.59. The molecule has 0 radical (unpaired) electrons. The number of carbonyl (C=O) groups is 5. The van der Waals surface area contributed by atoms with Crippen LogP contribution in [0.15, 0.2) is 23.3 Å². The molecule has 15 nitrogen and oxygen atoms in total. The Morgan fingerprint density at radius 3 is 2.26 bits per heavy atom. The van der Waals surface area contributed by atoms with Crippen molar-refractivity contribution < 1.29 is 47.7 Å². The largest absolute Gasteiger partial charge is 0.464 e. The third-order valence-corrected chi connectivity index (χ3v) is 6.32. The predicted molar refractivity (Wildman–Crippen MR) is 148 cm³/mol. The molecule has 15 heteroatoms. The lowest BCUT2D eigenvalue weighted by Gasteiger charge is -2.46. The van der Waals surface area contributed by atoms with Crippen LogP contribution >= 0.6 is 0 Å². The van der Waals surface area contributed by atoms with Crippen molar-refractivity contribution in [1.29, 1.82) is 0 Å². The van der Waals surface area contributed by atoms with Crippen molar-refractivity contribution >= 4 is 41.7 Å². The van der Waals surface area contributed by atoms with E-state index in [1.807, 2.05) is 4.90 Å². The fourth-order valence-electron chi connectivity index (χ4n) is 4.69. The lowest BCUT2D eigenvalue weighted by atomic mass is 9.92. The number of hydrogen-bond donors (Lipinski definition) is 1. The average molecular weight is 592 g/mol. The van der Waals surface area contributed by atoms with Crippen molar-refractivity contribution in [3.8, 4) is 5.75 Å². The van der Waals surface area contributed by atoms with Gasteiger partial charge in [-0.25, -0.2) is 0 Å². The average Bonchev–Trinajstić information content (AvgIpc) is 2.90. The number of likely N-dealkylation sites (tertiary alicyclic amines) is 1. The van der Waals surface area contributed by atoms with Crippen molar-refractivity contribution in [3.05, 3.63) is 28.6 Å². The number of piperidine rings is 1. The number of carbonyl (C=O) groups excluding carboxylic acids is 5. The Morgan fingerprint density at radius 1 is 0.976 bits per heavy atom. The molecule has 1 aliphatic rings. The number of anilines is 1. The normalized spacial score (nSPS) is 19.9. The first-order valence-corrected chi connectivity index (χ1v) is 13.5. The van der Waals surface area contributed by atoms with E-state index in [-0.39, 0.29) is 18.9 Å². The third kappa shape index (κ3) is 11.3. The van der Waals surface area contributed by atoms with Gasteiger partial charge in [-0.15, -0.1) is 0 Å². The van der Waals surface area contributed by atoms with E-state index in [1.54, 1.807) is 12.1 Å². The number of unbranched alkanes of at least 4 members (excludes halogenated alkanes) is 3. The van der Waals surface area contributed by atoms with Gasteiger partial charge in [0.15, 0.2) is 24.1 Å². The highest BCUT2D eigenvalue weighted by Crippen LogP contribution is 2.30. The Labute approximate surface area is 243 Å². The molecule has 1 aromatic carbocycles. The number of esters is 4. The van der Waals surface area contributed by atoms with Crippen LogP contribution in [-0.4, -0.2) is 85.8 Å². The van der Waals surface area contributed by atoms with Gasteiger partial charge in [0.1, 0.15) is 6.61 Å². The molecule has 4 atom stereocenters. The monoisotopic (exact) mass is 591 g/mol. The van der Waals surface area contributed by atoms with Crippen molar-refractivity contribution in [1.82, 2.24) is 4.90 Å². The lowest BCUT2D eigenvalue weighted by Crippen LogP contribution is -2.65. The Balaban J connectivity index is 2.02. The van der Waals surface area contributed by atoms with Crippen LogP contribution in [0.4, 0.5) is 11.4 Å². The number of ether oxygens (including phenoxy) is 5. The maximum absolute atomic E-state index is 12.0. The van der Waals surface area contributed by atoms with E-state index in [1.165, 1.54) is 33.8 Å². The van der Waals surface area contributed by atoms with Gasteiger partial charge < -0.3 is 29.0 Å². The summed E-state index contributed by atoms with van der Waals surface area (Å²) < 4.78 is 26.7. The van der Waals surface area contributed by atoms with E-state index in [0.717, 1.165) is 25.7 Å². The van der Waals surface area contributed by atoms with Gasteiger partial charge in [0.25, 0.3) is 6.47 Å². The number of hydrogen-bond acceptors (Lipinski definition) is 13. The minimum atomic E-state index is -1.08. The molecule has 42 heavy (non-hydrogen) atoms. The molecule has 0 bridgehead atoms. The topological polar surface area (TPSA) is 196 Å². The highest BCUT2D eigenvalue weighted by atomic mass is 16.6. The maximum atomic E-state index is 12.0. The second kappa shape index (κ2) is 17.5. The third-order valence-electron chi connectivity index (χ3n) is 6.32. The molecular weight excluding hydrogens is 554 g/mol. The number of rotatable bonds is 16. The lowest BCUT2D eigenvalue weighted by molar-refractivity contribution is -0.207. The summed E-state index contributed by atoms with van der Waals surface area (Å²) in [6.07, 6.45) is 0.142. The van der Waals surface area contributed by atoms with Crippen LogP contribution < -0.4 is 10.1 Å². The highest BCUT2D eigenvalue weighted by molar-refractivity contribution is 5.69. The summed E-state index contributed by atoms with van der Waals surface area (Å²) in [5.74, 6) is -2.13. The number of nitrogens with zero attached hydrogens (tertiary/aromatic N) is 4. The van der Waals surface area contributed by atoms with E-state index < -0.39 is 48.2 Å². The standard InChI is InChI=1S/C27H37N5O10/c1-17(34)38-15-23-26(41-19(3)36)27(42-20(4)37)25(40-18(2)35)14-32(23)12-8-6-5-7-11-29-22-10-9-21(30-31-28)13-24(22)39-16-33/h9-10,13,16,23,25-27,29H,5-8,11-12,14-15H2,1-4H3/t23-,25+,26-,27-/m1/s1. The number of benzene rings is 1.